The maximum absolute atomic E-state index is 10.1. The molecule has 0 bridgehead atoms. The first kappa shape index (κ1) is 15.7. The Balaban J connectivity index is 1.24. The van der Waals surface area contributed by atoms with Gasteiger partial charge in [0.05, 0.1) is 25.4 Å². The van der Waals surface area contributed by atoms with Crippen molar-refractivity contribution < 1.29 is 14.6 Å². The van der Waals surface area contributed by atoms with Crippen LogP contribution in [0.2, 0.25) is 0 Å². The van der Waals surface area contributed by atoms with E-state index in [0.29, 0.717) is 13.2 Å². The van der Waals surface area contributed by atoms with Crippen LogP contribution in [0.5, 0.6) is 0 Å². The molecule has 0 amide bonds. The molecular weight excluding hydrogens is 268 g/mol. The Kier molecular flexibility index (Phi) is 5.89. The molecule has 1 N–H and O–H groups in total. The second-order valence-electron chi connectivity index (χ2n) is 6.87. The van der Waals surface area contributed by atoms with Crippen molar-refractivity contribution in [2.75, 3.05) is 59.1 Å². The number of aliphatic hydroxyl groups excluding tert-OH is 1. The van der Waals surface area contributed by atoms with Gasteiger partial charge in [0.25, 0.3) is 0 Å². The molecule has 122 valence electrons. The quantitative estimate of drug-likeness (QED) is 0.710. The van der Waals surface area contributed by atoms with Crippen molar-refractivity contribution in [3.63, 3.8) is 0 Å². The molecule has 2 saturated heterocycles. The smallest absolute Gasteiger partial charge is 0.0900 e. The van der Waals surface area contributed by atoms with Crippen LogP contribution in [0.15, 0.2) is 0 Å². The Morgan fingerprint density at radius 2 is 1.86 bits per heavy atom. The van der Waals surface area contributed by atoms with E-state index in [1.165, 1.54) is 19.4 Å². The van der Waals surface area contributed by atoms with Gasteiger partial charge in [-0.1, -0.05) is 0 Å². The fourth-order valence-corrected chi connectivity index (χ4v) is 3.28. The lowest BCUT2D eigenvalue weighted by Crippen LogP contribution is -2.49. The molecule has 3 rings (SSSR count). The van der Waals surface area contributed by atoms with Crippen LogP contribution >= 0.6 is 0 Å². The number of hydrogen-bond acceptors (Lipinski definition) is 5. The predicted octanol–water partition coefficient (Wildman–Crippen LogP) is 0.571. The maximum atomic E-state index is 10.1. The molecule has 2 heterocycles. The van der Waals surface area contributed by atoms with Crippen LogP contribution in [0, 0.1) is 5.92 Å². The monoisotopic (exact) mass is 298 g/mol. The molecule has 2 atom stereocenters. The molecule has 5 nitrogen and oxygen atoms in total. The van der Waals surface area contributed by atoms with Gasteiger partial charge in [-0.15, -0.1) is 0 Å². The Bertz CT molecular complexity index is 298. The summed E-state index contributed by atoms with van der Waals surface area (Å²) in [6.07, 6.45) is 4.98. The van der Waals surface area contributed by atoms with Crippen molar-refractivity contribution in [3.8, 4) is 0 Å². The molecule has 1 saturated carbocycles. The molecule has 0 spiro atoms. The minimum absolute atomic E-state index is 0.253. The minimum atomic E-state index is -0.374. The van der Waals surface area contributed by atoms with Gasteiger partial charge in [0.1, 0.15) is 0 Å². The Morgan fingerprint density at radius 1 is 1.10 bits per heavy atom. The number of nitrogens with zero attached hydrogens (tertiary/aromatic N) is 2. The molecule has 3 aliphatic rings. The lowest BCUT2D eigenvalue weighted by Gasteiger charge is -2.35. The Hall–Kier alpha value is -0.200. The normalized spacial score (nSPS) is 29.9. The van der Waals surface area contributed by atoms with Gasteiger partial charge in [-0.3, -0.25) is 4.90 Å². The zero-order valence-corrected chi connectivity index (χ0v) is 13.1. The Morgan fingerprint density at radius 3 is 2.52 bits per heavy atom. The largest absolute Gasteiger partial charge is 0.389 e. The summed E-state index contributed by atoms with van der Waals surface area (Å²) in [5.41, 5.74) is 0. The number of aliphatic hydroxyl groups is 1. The molecule has 1 aliphatic carbocycles. The minimum Gasteiger partial charge on any atom is -0.389 e. The van der Waals surface area contributed by atoms with E-state index in [2.05, 4.69) is 9.80 Å². The summed E-state index contributed by atoms with van der Waals surface area (Å²) in [4.78, 5) is 4.94. The van der Waals surface area contributed by atoms with Crippen molar-refractivity contribution >= 4 is 0 Å². The summed E-state index contributed by atoms with van der Waals surface area (Å²) in [5, 5.41) is 10.1. The zero-order chi connectivity index (χ0) is 14.5. The number of hydrogen-bond donors (Lipinski definition) is 1. The van der Waals surface area contributed by atoms with Gasteiger partial charge in [-0.2, -0.15) is 0 Å². The first-order valence-corrected chi connectivity index (χ1v) is 8.62. The highest BCUT2D eigenvalue weighted by Gasteiger charge is 2.26. The van der Waals surface area contributed by atoms with E-state index in [1.807, 2.05) is 0 Å². The second-order valence-corrected chi connectivity index (χ2v) is 6.87. The highest BCUT2D eigenvalue weighted by molar-refractivity contribution is 4.81. The summed E-state index contributed by atoms with van der Waals surface area (Å²) in [6, 6.07) is 0. The van der Waals surface area contributed by atoms with Crippen molar-refractivity contribution in [2.45, 2.75) is 37.9 Å². The van der Waals surface area contributed by atoms with E-state index in [9.17, 15) is 5.11 Å². The van der Waals surface area contributed by atoms with E-state index in [1.54, 1.807) is 0 Å². The molecule has 2 unspecified atom stereocenters. The zero-order valence-electron chi connectivity index (χ0n) is 13.1. The molecule has 3 fully saturated rings. The molecule has 21 heavy (non-hydrogen) atoms. The van der Waals surface area contributed by atoms with Gasteiger partial charge in [-0.05, 0) is 31.6 Å². The lowest BCUT2D eigenvalue weighted by atomic mass is 10.2. The second kappa shape index (κ2) is 7.88. The third-order valence-corrected chi connectivity index (χ3v) is 4.79. The van der Waals surface area contributed by atoms with Gasteiger partial charge in [0, 0.05) is 45.9 Å². The van der Waals surface area contributed by atoms with Crippen LogP contribution in [0.4, 0.5) is 0 Å². The van der Waals surface area contributed by atoms with E-state index >= 15 is 0 Å². The number of β-amino-alcohol motifs (C(OH)–C–C–N with tert-alkyl or cyclic N) is 1. The fraction of sp³-hybridized carbons (Fsp3) is 1.00. The van der Waals surface area contributed by atoms with Gasteiger partial charge < -0.3 is 19.5 Å². The van der Waals surface area contributed by atoms with Crippen molar-refractivity contribution in [1.82, 2.24) is 9.80 Å². The molecule has 0 aromatic carbocycles. The van der Waals surface area contributed by atoms with E-state index < -0.39 is 0 Å². The van der Waals surface area contributed by atoms with E-state index in [4.69, 9.17) is 9.47 Å². The SMILES string of the molecule is OC(COCC1CCCO1)CN1CCN(CC2CC2)CC1. The first-order chi connectivity index (χ1) is 10.3. The number of ether oxygens (including phenoxy) is 2. The topological polar surface area (TPSA) is 45.2 Å². The van der Waals surface area contributed by atoms with Gasteiger partial charge in [0.2, 0.25) is 0 Å². The van der Waals surface area contributed by atoms with Crippen LogP contribution in [-0.2, 0) is 9.47 Å². The summed E-state index contributed by atoms with van der Waals surface area (Å²) in [5.74, 6) is 0.980. The number of piperazine rings is 1. The summed E-state index contributed by atoms with van der Waals surface area (Å²) in [6.45, 7) is 8.42. The molecule has 2 aliphatic heterocycles. The summed E-state index contributed by atoms with van der Waals surface area (Å²) >= 11 is 0. The Labute approximate surface area is 128 Å². The van der Waals surface area contributed by atoms with Gasteiger partial charge in [0.15, 0.2) is 0 Å². The van der Waals surface area contributed by atoms with Crippen LogP contribution < -0.4 is 0 Å². The number of rotatable bonds is 8. The standard InChI is InChI=1S/C16H30N2O3/c19-15(12-20-13-16-2-1-9-21-16)11-18-7-5-17(6-8-18)10-14-3-4-14/h14-16,19H,1-13H2. The van der Waals surface area contributed by atoms with Gasteiger partial charge in [-0.25, -0.2) is 0 Å². The van der Waals surface area contributed by atoms with E-state index in [-0.39, 0.29) is 12.2 Å². The van der Waals surface area contributed by atoms with Crippen LogP contribution in [0.25, 0.3) is 0 Å². The fourth-order valence-electron chi connectivity index (χ4n) is 3.28. The molecule has 0 aromatic heterocycles. The maximum Gasteiger partial charge on any atom is 0.0900 e. The van der Waals surface area contributed by atoms with Crippen molar-refractivity contribution in [3.05, 3.63) is 0 Å². The highest BCUT2D eigenvalue weighted by atomic mass is 16.5. The average Bonchev–Trinajstić information content (AvgIpc) is 3.14. The summed E-state index contributed by atoms with van der Waals surface area (Å²) in [7, 11) is 0. The molecule has 0 aromatic rings. The lowest BCUT2D eigenvalue weighted by molar-refractivity contribution is -0.0286. The highest BCUT2D eigenvalue weighted by Crippen LogP contribution is 2.29. The van der Waals surface area contributed by atoms with Crippen LogP contribution in [0.1, 0.15) is 25.7 Å². The van der Waals surface area contributed by atoms with Crippen LogP contribution in [-0.4, -0.2) is 86.2 Å². The average molecular weight is 298 g/mol. The first-order valence-electron chi connectivity index (χ1n) is 8.62. The van der Waals surface area contributed by atoms with Crippen molar-refractivity contribution in [2.24, 2.45) is 5.92 Å². The van der Waals surface area contributed by atoms with Gasteiger partial charge >= 0.3 is 0 Å². The van der Waals surface area contributed by atoms with Crippen molar-refractivity contribution in [1.29, 1.82) is 0 Å². The van der Waals surface area contributed by atoms with E-state index in [0.717, 1.165) is 58.1 Å². The van der Waals surface area contributed by atoms with Crippen LogP contribution in [0.3, 0.4) is 0 Å². The third kappa shape index (κ3) is 5.49. The third-order valence-electron chi connectivity index (χ3n) is 4.79. The molecule has 0 radical (unpaired) electrons. The molecule has 5 heteroatoms. The summed E-state index contributed by atoms with van der Waals surface area (Å²) < 4.78 is 11.1. The molecular formula is C16H30N2O3. The predicted molar refractivity (Wildman–Crippen MR) is 81.4 cm³/mol.